The highest BCUT2D eigenvalue weighted by Crippen LogP contribution is 2.00. The molecule has 1 unspecified atom stereocenters. The highest BCUT2D eigenvalue weighted by molar-refractivity contribution is 7.90. The van der Waals surface area contributed by atoms with E-state index in [1.54, 1.807) is 21.0 Å². The fraction of sp³-hybridized carbons (Fsp3) is 1.00. The summed E-state index contributed by atoms with van der Waals surface area (Å²) in [4.78, 5) is 0. The highest BCUT2D eigenvalue weighted by atomic mass is 32.2. The van der Waals surface area contributed by atoms with E-state index >= 15 is 0 Å². The Morgan fingerprint density at radius 2 is 1.85 bits per heavy atom. The fourth-order valence-corrected chi connectivity index (χ4v) is 1.72. The summed E-state index contributed by atoms with van der Waals surface area (Å²) >= 11 is 0. The molecule has 1 N–H and O–H groups in total. The van der Waals surface area contributed by atoms with E-state index in [1.807, 2.05) is 6.92 Å². The van der Waals surface area contributed by atoms with Gasteiger partial charge in [0.15, 0.2) is 0 Å². The van der Waals surface area contributed by atoms with Crippen LogP contribution in [0.15, 0.2) is 0 Å². The Morgan fingerprint density at radius 1 is 1.31 bits per heavy atom. The molecule has 0 saturated heterocycles. The van der Waals surface area contributed by atoms with Crippen molar-refractivity contribution in [1.82, 2.24) is 4.72 Å². The van der Waals surface area contributed by atoms with Crippen molar-refractivity contribution in [3.63, 3.8) is 0 Å². The topological polar surface area (TPSA) is 55.4 Å². The first-order chi connectivity index (χ1) is 5.90. The number of methoxy groups -OCH3 is 1. The first-order valence-electron chi connectivity index (χ1n) is 4.40. The largest absolute Gasteiger partial charge is 0.385 e. The van der Waals surface area contributed by atoms with Gasteiger partial charge in [0.25, 0.3) is 0 Å². The van der Waals surface area contributed by atoms with E-state index in [-0.39, 0.29) is 11.3 Å². The number of nitrogens with one attached hydrogen (secondary N) is 1. The Balaban J connectivity index is 3.98. The lowest BCUT2D eigenvalue weighted by atomic mass is 10.3. The Kier molecular flexibility index (Phi) is 5.51. The van der Waals surface area contributed by atoms with Crippen molar-refractivity contribution in [2.75, 3.05) is 13.7 Å². The van der Waals surface area contributed by atoms with Gasteiger partial charge in [-0.25, -0.2) is 13.1 Å². The molecule has 0 aliphatic rings. The molecule has 0 radical (unpaired) electrons. The normalized spacial score (nSPS) is 14.8. The van der Waals surface area contributed by atoms with E-state index in [9.17, 15) is 8.42 Å². The molecule has 0 aromatic rings. The SMILES string of the molecule is COCCC(C)NS(=O)(=O)C(C)C. The Morgan fingerprint density at radius 3 is 2.23 bits per heavy atom. The lowest BCUT2D eigenvalue weighted by Gasteiger charge is -2.15. The van der Waals surface area contributed by atoms with Crippen molar-refractivity contribution in [2.45, 2.75) is 38.5 Å². The zero-order valence-electron chi connectivity index (χ0n) is 8.70. The van der Waals surface area contributed by atoms with Crippen molar-refractivity contribution >= 4 is 10.0 Å². The van der Waals surface area contributed by atoms with Crippen LogP contribution in [0.25, 0.3) is 0 Å². The third-order valence-electron chi connectivity index (χ3n) is 1.74. The first-order valence-corrected chi connectivity index (χ1v) is 5.95. The molecule has 5 heteroatoms. The van der Waals surface area contributed by atoms with Gasteiger partial charge >= 0.3 is 0 Å². The van der Waals surface area contributed by atoms with Crippen LogP contribution in [0.4, 0.5) is 0 Å². The van der Waals surface area contributed by atoms with Crippen molar-refractivity contribution < 1.29 is 13.2 Å². The monoisotopic (exact) mass is 209 g/mol. The fourth-order valence-electron chi connectivity index (χ4n) is 0.770. The molecule has 0 heterocycles. The van der Waals surface area contributed by atoms with Gasteiger partial charge in [-0.1, -0.05) is 0 Å². The lowest BCUT2D eigenvalue weighted by Crippen LogP contribution is -2.37. The number of hydrogen-bond donors (Lipinski definition) is 1. The van der Waals surface area contributed by atoms with Gasteiger partial charge in [0.1, 0.15) is 0 Å². The zero-order valence-corrected chi connectivity index (χ0v) is 9.52. The molecule has 0 aliphatic heterocycles. The van der Waals surface area contributed by atoms with Crippen LogP contribution in [0.5, 0.6) is 0 Å². The molecular weight excluding hydrogens is 190 g/mol. The summed E-state index contributed by atoms with van der Waals surface area (Å²) in [6.45, 7) is 5.72. The van der Waals surface area contributed by atoms with Crippen LogP contribution >= 0.6 is 0 Å². The van der Waals surface area contributed by atoms with Crippen LogP contribution in [0.1, 0.15) is 27.2 Å². The van der Waals surface area contributed by atoms with Crippen LogP contribution in [0, 0.1) is 0 Å². The summed E-state index contributed by atoms with van der Waals surface area (Å²) in [7, 11) is -1.53. The van der Waals surface area contributed by atoms with Gasteiger partial charge in [-0.15, -0.1) is 0 Å². The predicted molar refractivity (Wildman–Crippen MR) is 53.1 cm³/mol. The van der Waals surface area contributed by atoms with Crippen molar-refractivity contribution in [3.05, 3.63) is 0 Å². The molecule has 1 atom stereocenters. The summed E-state index contributed by atoms with van der Waals surface area (Å²) in [5.74, 6) is 0. The van der Waals surface area contributed by atoms with E-state index in [4.69, 9.17) is 4.74 Å². The first kappa shape index (κ1) is 12.9. The summed E-state index contributed by atoms with van der Waals surface area (Å²) in [6.07, 6.45) is 0.697. The van der Waals surface area contributed by atoms with E-state index < -0.39 is 10.0 Å². The number of hydrogen-bond acceptors (Lipinski definition) is 3. The second-order valence-corrected chi connectivity index (χ2v) is 5.66. The maximum Gasteiger partial charge on any atom is 0.214 e. The van der Waals surface area contributed by atoms with Crippen molar-refractivity contribution in [2.24, 2.45) is 0 Å². The molecule has 0 fully saturated rings. The second kappa shape index (κ2) is 5.57. The summed E-state index contributed by atoms with van der Waals surface area (Å²) < 4.78 is 30.1. The lowest BCUT2D eigenvalue weighted by molar-refractivity contribution is 0.188. The van der Waals surface area contributed by atoms with Gasteiger partial charge in [0, 0.05) is 19.8 Å². The number of sulfonamides is 1. The molecule has 0 spiro atoms. The van der Waals surface area contributed by atoms with Gasteiger partial charge in [0.05, 0.1) is 5.25 Å². The molecular formula is C8H19NO3S. The average molecular weight is 209 g/mol. The summed E-state index contributed by atoms with van der Waals surface area (Å²) in [6, 6.07) is -0.0626. The van der Waals surface area contributed by atoms with Gasteiger partial charge in [-0.2, -0.15) is 0 Å². The third kappa shape index (κ3) is 5.23. The predicted octanol–water partition coefficient (Wildman–Crippen LogP) is 0.739. The van der Waals surface area contributed by atoms with Crippen molar-refractivity contribution in [1.29, 1.82) is 0 Å². The average Bonchev–Trinajstić information content (AvgIpc) is 1.99. The molecule has 0 aliphatic carbocycles. The molecule has 0 saturated carbocycles. The zero-order chi connectivity index (χ0) is 10.5. The van der Waals surface area contributed by atoms with Crippen LogP contribution in [0.3, 0.4) is 0 Å². The standard InChI is InChI=1S/C8H19NO3S/c1-7(2)13(10,11)9-8(3)5-6-12-4/h7-9H,5-6H2,1-4H3. The molecule has 0 aromatic carbocycles. The van der Waals surface area contributed by atoms with Gasteiger partial charge in [-0.05, 0) is 27.2 Å². The van der Waals surface area contributed by atoms with E-state index in [0.717, 1.165) is 0 Å². The third-order valence-corrected chi connectivity index (χ3v) is 3.71. The van der Waals surface area contributed by atoms with Crippen LogP contribution in [-0.2, 0) is 14.8 Å². The Hall–Kier alpha value is -0.130. The maximum atomic E-state index is 11.4. The minimum absolute atomic E-state index is 0.0626. The molecule has 80 valence electrons. The number of rotatable bonds is 6. The molecule has 4 nitrogen and oxygen atoms in total. The highest BCUT2D eigenvalue weighted by Gasteiger charge is 2.17. The quantitative estimate of drug-likeness (QED) is 0.702. The Labute approximate surface area is 80.7 Å². The smallest absolute Gasteiger partial charge is 0.214 e. The van der Waals surface area contributed by atoms with E-state index in [2.05, 4.69) is 4.72 Å². The van der Waals surface area contributed by atoms with E-state index in [0.29, 0.717) is 13.0 Å². The minimum atomic E-state index is -3.13. The van der Waals surface area contributed by atoms with Crippen molar-refractivity contribution in [3.8, 4) is 0 Å². The number of ether oxygens (including phenoxy) is 1. The van der Waals surface area contributed by atoms with Crippen LogP contribution in [0.2, 0.25) is 0 Å². The summed E-state index contributed by atoms with van der Waals surface area (Å²) in [5, 5.41) is -0.377. The molecule has 0 bridgehead atoms. The molecule has 0 amide bonds. The van der Waals surface area contributed by atoms with Gasteiger partial charge < -0.3 is 4.74 Å². The minimum Gasteiger partial charge on any atom is -0.385 e. The molecule has 13 heavy (non-hydrogen) atoms. The molecule has 0 rings (SSSR count). The van der Waals surface area contributed by atoms with Crippen LogP contribution in [-0.4, -0.2) is 33.4 Å². The molecule has 0 aromatic heterocycles. The Bertz CT molecular complexity index is 224. The van der Waals surface area contributed by atoms with Crippen LogP contribution < -0.4 is 4.72 Å². The van der Waals surface area contributed by atoms with Gasteiger partial charge in [-0.3, -0.25) is 0 Å². The maximum absolute atomic E-state index is 11.4. The van der Waals surface area contributed by atoms with Gasteiger partial charge in [0.2, 0.25) is 10.0 Å². The second-order valence-electron chi connectivity index (χ2n) is 3.39. The van der Waals surface area contributed by atoms with E-state index in [1.165, 1.54) is 0 Å². The summed E-state index contributed by atoms with van der Waals surface area (Å²) in [5.41, 5.74) is 0.